The van der Waals surface area contributed by atoms with Crippen LogP contribution in [0.4, 0.5) is 0 Å². The standard InChI is InChI=1S/C20H16O3/c1-13(21)19-11-17-7-6-16(10-20(17)23-19)14-2-4-15(5-3-14)18-8-9-22-12-18/h2-11,18H,12H2,1H3. The van der Waals surface area contributed by atoms with Crippen LogP contribution in [0.2, 0.25) is 0 Å². The Bertz CT molecular complexity index is 900. The SMILES string of the molecule is CC(=O)c1cc2ccc(-c3ccc(C4C=COC4)cc3)cc2o1. The number of ether oxygens (including phenoxy) is 1. The molecule has 1 atom stereocenters. The van der Waals surface area contributed by atoms with Gasteiger partial charge in [-0.05, 0) is 34.9 Å². The number of hydrogen-bond donors (Lipinski definition) is 0. The second kappa shape index (κ2) is 5.43. The summed E-state index contributed by atoms with van der Waals surface area (Å²) in [6, 6.07) is 16.3. The number of carbonyl (C=O) groups is 1. The zero-order valence-electron chi connectivity index (χ0n) is 12.8. The number of furan rings is 1. The largest absolute Gasteiger partial charge is 0.501 e. The van der Waals surface area contributed by atoms with Crippen molar-refractivity contribution in [3.05, 3.63) is 72.2 Å². The molecule has 0 saturated heterocycles. The van der Waals surface area contributed by atoms with E-state index in [2.05, 4.69) is 36.4 Å². The maximum absolute atomic E-state index is 11.4. The summed E-state index contributed by atoms with van der Waals surface area (Å²) >= 11 is 0. The van der Waals surface area contributed by atoms with Crippen molar-refractivity contribution in [1.82, 2.24) is 0 Å². The Morgan fingerprint density at radius 1 is 1.04 bits per heavy atom. The van der Waals surface area contributed by atoms with Gasteiger partial charge in [0.25, 0.3) is 0 Å². The van der Waals surface area contributed by atoms with Crippen molar-refractivity contribution in [3.63, 3.8) is 0 Å². The molecule has 23 heavy (non-hydrogen) atoms. The maximum atomic E-state index is 11.4. The lowest BCUT2D eigenvalue weighted by Gasteiger charge is -2.08. The number of carbonyl (C=O) groups excluding carboxylic acids is 1. The second-order valence-corrected chi connectivity index (χ2v) is 5.81. The Balaban J connectivity index is 1.67. The lowest BCUT2D eigenvalue weighted by Crippen LogP contribution is -1.96. The normalized spacial score (nSPS) is 16.7. The molecule has 0 N–H and O–H groups in total. The third-order valence-corrected chi connectivity index (χ3v) is 4.22. The van der Waals surface area contributed by atoms with Crippen LogP contribution in [0.5, 0.6) is 0 Å². The minimum absolute atomic E-state index is 0.0565. The Morgan fingerprint density at radius 3 is 2.52 bits per heavy atom. The van der Waals surface area contributed by atoms with Crippen molar-refractivity contribution >= 4 is 16.8 Å². The molecule has 2 aromatic carbocycles. The van der Waals surface area contributed by atoms with Crippen LogP contribution >= 0.6 is 0 Å². The molecule has 1 unspecified atom stereocenters. The average molecular weight is 304 g/mol. The molecular formula is C20H16O3. The van der Waals surface area contributed by atoms with E-state index in [1.165, 1.54) is 12.5 Å². The van der Waals surface area contributed by atoms with Gasteiger partial charge in [0.2, 0.25) is 0 Å². The summed E-state index contributed by atoms with van der Waals surface area (Å²) in [7, 11) is 0. The summed E-state index contributed by atoms with van der Waals surface area (Å²) in [6.07, 6.45) is 3.84. The molecule has 1 aromatic heterocycles. The highest BCUT2D eigenvalue weighted by Gasteiger charge is 2.13. The molecule has 0 saturated carbocycles. The van der Waals surface area contributed by atoms with Crippen LogP contribution in [0.1, 0.15) is 29.0 Å². The van der Waals surface area contributed by atoms with Gasteiger partial charge in [0.1, 0.15) is 5.58 Å². The van der Waals surface area contributed by atoms with E-state index in [0.717, 1.165) is 22.1 Å². The highest BCUT2D eigenvalue weighted by molar-refractivity contribution is 5.96. The third-order valence-electron chi connectivity index (χ3n) is 4.22. The molecule has 3 nitrogen and oxygen atoms in total. The fourth-order valence-electron chi connectivity index (χ4n) is 2.88. The Hall–Kier alpha value is -2.81. The van der Waals surface area contributed by atoms with Crippen molar-refractivity contribution in [2.45, 2.75) is 12.8 Å². The van der Waals surface area contributed by atoms with Crippen LogP contribution in [-0.4, -0.2) is 12.4 Å². The molecule has 2 heterocycles. The molecule has 0 fully saturated rings. The van der Waals surface area contributed by atoms with Gasteiger partial charge in [0.05, 0.1) is 12.9 Å². The first-order chi connectivity index (χ1) is 11.2. The lowest BCUT2D eigenvalue weighted by molar-refractivity contribution is 0.0989. The van der Waals surface area contributed by atoms with Crippen LogP contribution in [0.3, 0.4) is 0 Å². The molecule has 1 aliphatic heterocycles. The zero-order chi connectivity index (χ0) is 15.8. The molecule has 0 aliphatic carbocycles. The Labute approximate surface area is 134 Å². The van der Waals surface area contributed by atoms with E-state index >= 15 is 0 Å². The minimum Gasteiger partial charge on any atom is -0.501 e. The van der Waals surface area contributed by atoms with Gasteiger partial charge in [-0.2, -0.15) is 0 Å². The molecule has 0 spiro atoms. The topological polar surface area (TPSA) is 39.4 Å². The number of Topliss-reactive ketones (excluding diaryl/α,β-unsaturated/α-hetero) is 1. The van der Waals surface area contributed by atoms with E-state index < -0.39 is 0 Å². The zero-order valence-corrected chi connectivity index (χ0v) is 12.8. The molecule has 0 bridgehead atoms. The van der Waals surface area contributed by atoms with Gasteiger partial charge in [-0.25, -0.2) is 0 Å². The minimum atomic E-state index is -0.0565. The van der Waals surface area contributed by atoms with Crippen LogP contribution in [0.15, 0.2) is 65.3 Å². The molecule has 1 aliphatic rings. The van der Waals surface area contributed by atoms with E-state index in [1.54, 1.807) is 12.3 Å². The van der Waals surface area contributed by atoms with E-state index in [9.17, 15) is 4.79 Å². The maximum Gasteiger partial charge on any atom is 0.194 e. The van der Waals surface area contributed by atoms with Gasteiger partial charge in [-0.1, -0.05) is 36.4 Å². The second-order valence-electron chi connectivity index (χ2n) is 5.81. The van der Waals surface area contributed by atoms with E-state index in [1.807, 2.05) is 12.1 Å². The number of ketones is 1. The van der Waals surface area contributed by atoms with Crippen LogP contribution in [0, 0.1) is 0 Å². The van der Waals surface area contributed by atoms with E-state index in [0.29, 0.717) is 18.3 Å². The Kier molecular flexibility index (Phi) is 3.27. The smallest absolute Gasteiger partial charge is 0.194 e. The predicted octanol–water partition coefficient (Wildman–Crippen LogP) is 4.93. The van der Waals surface area contributed by atoms with Crippen LogP contribution < -0.4 is 0 Å². The van der Waals surface area contributed by atoms with Crippen molar-refractivity contribution in [2.75, 3.05) is 6.61 Å². The van der Waals surface area contributed by atoms with Gasteiger partial charge in [-0.3, -0.25) is 4.79 Å². The molecule has 3 heteroatoms. The summed E-state index contributed by atoms with van der Waals surface area (Å²) in [4.78, 5) is 11.4. The first-order valence-electron chi connectivity index (χ1n) is 7.64. The molecule has 4 rings (SSSR count). The van der Waals surface area contributed by atoms with Crippen LogP contribution in [-0.2, 0) is 4.74 Å². The summed E-state index contributed by atoms with van der Waals surface area (Å²) < 4.78 is 10.9. The van der Waals surface area contributed by atoms with Gasteiger partial charge in [0.15, 0.2) is 11.5 Å². The molecule has 0 amide bonds. The molecule has 3 aromatic rings. The van der Waals surface area contributed by atoms with Gasteiger partial charge in [0, 0.05) is 18.2 Å². The van der Waals surface area contributed by atoms with Gasteiger partial charge in [-0.15, -0.1) is 0 Å². The molecular weight excluding hydrogens is 288 g/mol. The molecule has 0 radical (unpaired) electrons. The van der Waals surface area contributed by atoms with Gasteiger partial charge < -0.3 is 9.15 Å². The first-order valence-corrected chi connectivity index (χ1v) is 7.64. The highest BCUT2D eigenvalue weighted by atomic mass is 16.5. The fourth-order valence-corrected chi connectivity index (χ4v) is 2.88. The molecule has 114 valence electrons. The Morgan fingerprint density at radius 2 is 1.83 bits per heavy atom. The summed E-state index contributed by atoms with van der Waals surface area (Å²) in [5.41, 5.74) is 4.19. The third kappa shape index (κ3) is 2.55. The van der Waals surface area contributed by atoms with Gasteiger partial charge >= 0.3 is 0 Å². The quantitative estimate of drug-likeness (QED) is 0.644. The van der Waals surface area contributed by atoms with Crippen molar-refractivity contribution in [1.29, 1.82) is 0 Å². The van der Waals surface area contributed by atoms with Crippen molar-refractivity contribution < 1.29 is 13.9 Å². The lowest BCUT2D eigenvalue weighted by atomic mass is 9.97. The number of fused-ring (bicyclic) bond motifs is 1. The average Bonchev–Trinajstić information content (AvgIpc) is 3.24. The van der Waals surface area contributed by atoms with Crippen LogP contribution in [0.25, 0.3) is 22.1 Å². The van der Waals surface area contributed by atoms with Crippen molar-refractivity contribution in [2.24, 2.45) is 0 Å². The highest BCUT2D eigenvalue weighted by Crippen LogP contribution is 2.29. The summed E-state index contributed by atoms with van der Waals surface area (Å²) in [6.45, 7) is 2.23. The number of rotatable bonds is 3. The van der Waals surface area contributed by atoms with Crippen molar-refractivity contribution in [3.8, 4) is 11.1 Å². The van der Waals surface area contributed by atoms with E-state index in [4.69, 9.17) is 9.15 Å². The number of hydrogen-bond acceptors (Lipinski definition) is 3. The fraction of sp³-hybridized carbons (Fsp3) is 0.150. The monoisotopic (exact) mass is 304 g/mol. The van der Waals surface area contributed by atoms with E-state index in [-0.39, 0.29) is 5.78 Å². The summed E-state index contributed by atoms with van der Waals surface area (Å²) in [5, 5.41) is 0.948. The number of benzene rings is 2. The first kappa shape index (κ1) is 13.8. The summed E-state index contributed by atoms with van der Waals surface area (Å²) in [5.74, 6) is 0.689. The predicted molar refractivity (Wildman–Crippen MR) is 89.5 cm³/mol.